The highest BCUT2D eigenvalue weighted by Gasteiger charge is 2.10. The lowest BCUT2D eigenvalue weighted by molar-refractivity contribution is -0.138. The third-order valence-electron chi connectivity index (χ3n) is 2.83. The molecule has 0 aliphatic rings. The molecule has 1 atom stereocenters. The van der Waals surface area contributed by atoms with Gasteiger partial charge in [-0.1, -0.05) is 18.2 Å². The molecule has 19 heavy (non-hydrogen) atoms. The van der Waals surface area contributed by atoms with Gasteiger partial charge in [-0.05, 0) is 25.0 Å². The van der Waals surface area contributed by atoms with Gasteiger partial charge in [0.1, 0.15) is 17.3 Å². The molecule has 0 bridgehead atoms. The summed E-state index contributed by atoms with van der Waals surface area (Å²) in [6, 6.07) is 8.74. The number of nitrogens with two attached hydrogens (primary N) is 1. The third kappa shape index (κ3) is 3.42. The van der Waals surface area contributed by atoms with Crippen molar-refractivity contribution in [3.8, 4) is 5.75 Å². The van der Waals surface area contributed by atoms with Crippen molar-refractivity contribution < 1.29 is 14.6 Å². The van der Waals surface area contributed by atoms with Gasteiger partial charge in [0.2, 0.25) is 0 Å². The zero-order valence-electron chi connectivity index (χ0n) is 10.5. The van der Waals surface area contributed by atoms with Crippen LogP contribution in [-0.2, 0) is 4.79 Å². The van der Waals surface area contributed by atoms with Gasteiger partial charge in [0, 0.05) is 11.6 Å². The lowest BCUT2D eigenvalue weighted by Gasteiger charge is -2.09. The van der Waals surface area contributed by atoms with Crippen molar-refractivity contribution in [1.82, 2.24) is 4.98 Å². The lowest BCUT2D eigenvalue weighted by atomic mass is 10.2. The van der Waals surface area contributed by atoms with E-state index in [0.717, 1.165) is 10.9 Å². The van der Waals surface area contributed by atoms with E-state index in [4.69, 9.17) is 15.6 Å². The van der Waals surface area contributed by atoms with Crippen LogP contribution in [0.2, 0.25) is 0 Å². The van der Waals surface area contributed by atoms with Crippen molar-refractivity contribution in [2.75, 3.05) is 6.61 Å². The minimum Gasteiger partial charge on any atom is -0.491 e. The van der Waals surface area contributed by atoms with Crippen LogP contribution in [0, 0.1) is 0 Å². The molecular formula is C14H16N2O3. The van der Waals surface area contributed by atoms with Gasteiger partial charge >= 0.3 is 5.97 Å². The fourth-order valence-electron chi connectivity index (χ4n) is 1.80. The normalized spacial score (nSPS) is 12.3. The monoisotopic (exact) mass is 260 g/mol. The van der Waals surface area contributed by atoms with Gasteiger partial charge in [-0.25, -0.2) is 0 Å². The number of fused-ring (bicyclic) bond motifs is 1. The molecule has 2 aromatic rings. The van der Waals surface area contributed by atoms with Gasteiger partial charge in [-0.3, -0.25) is 9.78 Å². The number of hydrogen-bond acceptors (Lipinski definition) is 4. The molecule has 1 aromatic heterocycles. The van der Waals surface area contributed by atoms with E-state index in [1.807, 2.05) is 30.3 Å². The van der Waals surface area contributed by atoms with Crippen molar-refractivity contribution in [2.45, 2.75) is 18.9 Å². The molecule has 0 spiro atoms. The summed E-state index contributed by atoms with van der Waals surface area (Å²) in [4.78, 5) is 14.8. The summed E-state index contributed by atoms with van der Waals surface area (Å²) in [5.41, 5.74) is 6.23. The Kier molecular flexibility index (Phi) is 4.30. The van der Waals surface area contributed by atoms with E-state index in [0.29, 0.717) is 25.2 Å². The molecule has 1 aromatic carbocycles. The molecule has 0 amide bonds. The average Bonchev–Trinajstić information content (AvgIpc) is 2.43. The molecule has 2 rings (SSSR count). The second-order valence-corrected chi connectivity index (χ2v) is 4.27. The number of ether oxygens (including phenoxy) is 1. The van der Waals surface area contributed by atoms with Gasteiger partial charge in [0.25, 0.3) is 0 Å². The maximum atomic E-state index is 10.6. The number of carboxylic acid groups (broad SMARTS) is 1. The summed E-state index contributed by atoms with van der Waals surface area (Å²) < 4.78 is 5.64. The molecule has 0 aliphatic heterocycles. The number of benzene rings is 1. The van der Waals surface area contributed by atoms with Crippen LogP contribution >= 0.6 is 0 Å². The second kappa shape index (κ2) is 6.15. The Hall–Kier alpha value is -2.14. The van der Waals surface area contributed by atoms with E-state index >= 15 is 0 Å². The van der Waals surface area contributed by atoms with Crippen molar-refractivity contribution >= 4 is 16.9 Å². The summed E-state index contributed by atoms with van der Waals surface area (Å²) in [5, 5.41) is 9.68. The predicted octanol–water partition coefficient (Wildman–Crippen LogP) is 1.81. The summed E-state index contributed by atoms with van der Waals surface area (Å²) in [6.07, 6.45) is 2.71. The van der Waals surface area contributed by atoms with Gasteiger partial charge in [0.15, 0.2) is 0 Å². The summed E-state index contributed by atoms with van der Waals surface area (Å²) in [7, 11) is 0. The maximum Gasteiger partial charge on any atom is 0.320 e. The number of carboxylic acids is 1. The Bertz CT molecular complexity index is 566. The molecule has 100 valence electrons. The number of pyridine rings is 1. The zero-order valence-corrected chi connectivity index (χ0v) is 10.5. The maximum absolute atomic E-state index is 10.6. The van der Waals surface area contributed by atoms with E-state index in [1.165, 1.54) is 0 Å². The Morgan fingerprint density at radius 2 is 2.16 bits per heavy atom. The van der Waals surface area contributed by atoms with Gasteiger partial charge in [-0.15, -0.1) is 0 Å². The highest BCUT2D eigenvalue weighted by molar-refractivity contribution is 5.84. The van der Waals surface area contributed by atoms with Crippen LogP contribution in [0.4, 0.5) is 0 Å². The number of rotatable bonds is 6. The summed E-state index contributed by atoms with van der Waals surface area (Å²) in [6.45, 7) is 0.427. The van der Waals surface area contributed by atoms with Gasteiger partial charge in [0.05, 0.1) is 6.61 Å². The van der Waals surface area contributed by atoms with E-state index in [2.05, 4.69) is 4.98 Å². The van der Waals surface area contributed by atoms with Crippen LogP contribution in [0.3, 0.4) is 0 Å². The molecule has 0 aliphatic carbocycles. The largest absolute Gasteiger partial charge is 0.491 e. The third-order valence-corrected chi connectivity index (χ3v) is 2.83. The van der Waals surface area contributed by atoms with Crippen molar-refractivity contribution in [3.05, 3.63) is 36.5 Å². The number of para-hydroxylation sites is 1. The molecule has 0 saturated carbocycles. The molecule has 1 unspecified atom stereocenters. The molecule has 1 heterocycles. The fourth-order valence-corrected chi connectivity index (χ4v) is 1.80. The molecule has 5 nitrogen and oxygen atoms in total. The van der Waals surface area contributed by atoms with Crippen LogP contribution in [0.5, 0.6) is 5.75 Å². The summed E-state index contributed by atoms with van der Waals surface area (Å²) in [5.74, 6) is -0.270. The predicted molar refractivity (Wildman–Crippen MR) is 72.1 cm³/mol. The van der Waals surface area contributed by atoms with Crippen LogP contribution in [0.25, 0.3) is 10.9 Å². The molecule has 0 saturated heterocycles. The summed E-state index contributed by atoms with van der Waals surface area (Å²) >= 11 is 0. The molecular weight excluding hydrogens is 244 g/mol. The second-order valence-electron chi connectivity index (χ2n) is 4.27. The van der Waals surface area contributed by atoms with Crippen LogP contribution in [0.15, 0.2) is 36.5 Å². The number of aliphatic carboxylic acids is 1. The first-order chi connectivity index (χ1) is 9.18. The first-order valence-electron chi connectivity index (χ1n) is 6.13. The van der Waals surface area contributed by atoms with Crippen LogP contribution in [0.1, 0.15) is 12.8 Å². The van der Waals surface area contributed by atoms with Gasteiger partial charge in [-0.2, -0.15) is 0 Å². The minimum atomic E-state index is -0.980. The van der Waals surface area contributed by atoms with Crippen molar-refractivity contribution in [2.24, 2.45) is 5.73 Å². The Morgan fingerprint density at radius 1 is 1.37 bits per heavy atom. The molecule has 3 N–H and O–H groups in total. The SMILES string of the molecule is NC(CCCOc1cccc2cccnc12)C(=O)O. The first-order valence-corrected chi connectivity index (χ1v) is 6.13. The standard InChI is InChI=1S/C14H16N2O3/c15-11(14(17)18)6-3-9-19-12-7-1-4-10-5-2-8-16-13(10)12/h1-2,4-5,7-8,11H,3,6,9,15H2,(H,17,18). The highest BCUT2D eigenvalue weighted by Crippen LogP contribution is 2.23. The van der Waals surface area contributed by atoms with E-state index in [-0.39, 0.29) is 0 Å². The van der Waals surface area contributed by atoms with Crippen molar-refractivity contribution in [3.63, 3.8) is 0 Å². The van der Waals surface area contributed by atoms with E-state index in [1.54, 1.807) is 6.20 Å². The molecule has 0 fully saturated rings. The Balaban J connectivity index is 1.93. The van der Waals surface area contributed by atoms with E-state index in [9.17, 15) is 4.79 Å². The Labute approximate surface area is 111 Å². The zero-order chi connectivity index (χ0) is 13.7. The van der Waals surface area contributed by atoms with Crippen LogP contribution < -0.4 is 10.5 Å². The minimum absolute atomic E-state index is 0.396. The number of aromatic nitrogens is 1. The Morgan fingerprint density at radius 3 is 2.95 bits per heavy atom. The lowest BCUT2D eigenvalue weighted by Crippen LogP contribution is -2.30. The van der Waals surface area contributed by atoms with Crippen molar-refractivity contribution in [1.29, 1.82) is 0 Å². The topological polar surface area (TPSA) is 85.4 Å². The molecule has 5 heteroatoms. The van der Waals surface area contributed by atoms with Gasteiger partial charge < -0.3 is 15.6 Å². The first kappa shape index (κ1) is 13.3. The number of hydrogen-bond donors (Lipinski definition) is 2. The van der Waals surface area contributed by atoms with E-state index < -0.39 is 12.0 Å². The highest BCUT2D eigenvalue weighted by atomic mass is 16.5. The average molecular weight is 260 g/mol. The smallest absolute Gasteiger partial charge is 0.320 e. The molecule has 0 radical (unpaired) electrons. The fraction of sp³-hybridized carbons (Fsp3) is 0.286. The van der Waals surface area contributed by atoms with Crippen LogP contribution in [-0.4, -0.2) is 28.7 Å². The number of carbonyl (C=O) groups is 1. The quantitative estimate of drug-likeness (QED) is 0.773. The number of nitrogens with zero attached hydrogens (tertiary/aromatic N) is 1.